The summed E-state index contributed by atoms with van der Waals surface area (Å²) in [5.74, 6) is 0. The minimum Gasteiger partial charge on any atom is -0.306 e. The van der Waals surface area contributed by atoms with Crippen LogP contribution in [0.2, 0.25) is 0 Å². The Hall–Kier alpha value is -1.37. The first-order valence-corrected chi connectivity index (χ1v) is 7.98. The first-order valence-electron chi connectivity index (χ1n) is 7.98. The van der Waals surface area contributed by atoms with Gasteiger partial charge >= 0.3 is 0 Å². The lowest BCUT2D eigenvalue weighted by molar-refractivity contribution is 0.318. The summed E-state index contributed by atoms with van der Waals surface area (Å²) in [4.78, 5) is 2.38. The van der Waals surface area contributed by atoms with Gasteiger partial charge in [-0.25, -0.2) is 0 Å². The molecule has 0 aliphatic heterocycles. The second kappa shape index (κ2) is 9.55. The van der Waals surface area contributed by atoms with Gasteiger partial charge in [0.05, 0.1) is 6.07 Å². The molecule has 0 heterocycles. The van der Waals surface area contributed by atoms with E-state index in [9.17, 15) is 5.26 Å². The monoisotopic (exact) mass is 287 g/mol. The SMILES string of the molecule is CCNC(C)(C#N)CCCCN(C)CCc1ccccc1. The Morgan fingerprint density at radius 1 is 1.19 bits per heavy atom. The van der Waals surface area contributed by atoms with Crippen LogP contribution in [-0.4, -0.2) is 37.1 Å². The van der Waals surface area contributed by atoms with Crippen molar-refractivity contribution >= 4 is 0 Å². The first kappa shape index (κ1) is 17.7. The normalized spacial score (nSPS) is 13.9. The van der Waals surface area contributed by atoms with Gasteiger partial charge in [-0.2, -0.15) is 5.26 Å². The first-order chi connectivity index (χ1) is 10.1. The molecule has 0 aromatic heterocycles. The molecule has 0 amide bonds. The molecular formula is C18H29N3. The Morgan fingerprint density at radius 3 is 2.52 bits per heavy atom. The lowest BCUT2D eigenvalue weighted by Crippen LogP contribution is -2.40. The van der Waals surface area contributed by atoms with Gasteiger partial charge in [0.1, 0.15) is 5.54 Å². The third-order valence-corrected chi connectivity index (χ3v) is 3.91. The molecule has 1 rings (SSSR count). The van der Waals surface area contributed by atoms with Gasteiger partial charge < -0.3 is 4.90 Å². The zero-order chi connectivity index (χ0) is 15.6. The minimum atomic E-state index is -0.364. The van der Waals surface area contributed by atoms with Crippen molar-refractivity contribution in [2.45, 2.75) is 45.1 Å². The third-order valence-electron chi connectivity index (χ3n) is 3.91. The molecule has 0 spiro atoms. The molecule has 0 radical (unpaired) electrons. The van der Waals surface area contributed by atoms with Gasteiger partial charge in [0.2, 0.25) is 0 Å². The van der Waals surface area contributed by atoms with Crippen LogP contribution < -0.4 is 5.32 Å². The molecule has 3 heteroatoms. The van der Waals surface area contributed by atoms with Crippen LogP contribution in [0.3, 0.4) is 0 Å². The van der Waals surface area contributed by atoms with Gasteiger partial charge in [-0.3, -0.25) is 5.32 Å². The molecule has 0 aliphatic carbocycles. The van der Waals surface area contributed by atoms with Crippen LogP contribution in [0.1, 0.15) is 38.7 Å². The summed E-state index contributed by atoms with van der Waals surface area (Å²) in [6.45, 7) is 7.08. The average molecular weight is 287 g/mol. The quantitative estimate of drug-likeness (QED) is 0.672. The van der Waals surface area contributed by atoms with E-state index in [1.807, 2.05) is 13.8 Å². The van der Waals surface area contributed by atoms with Crippen molar-refractivity contribution in [3.8, 4) is 6.07 Å². The van der Waals surface area contributed by atoms with Crippen molar-refractivity contribution in [2.24, 2.45) is 0 Å². The Labute approximate surface area is 130 Å². The van der Waals surface area contributed by atoms with E-state index in [4.69, 9.17) is 0 Å². The van der Waals surface area contributed by atoms with E-state index in [1.165, 1.54) is 5.56 Å². The summed E-state index contributed by atoms with van der Waals surface area (Å²) >= 11 is 0. The lowest BCUT2D eigenvalue weighted by atomic mass is 9.96. The number of nitriles is 1. The van der Waals surface area contributed by atoms with Crippen LogP contribution >= 0.6 is 0 Å². The van der Waals surface area contributed by atoms with Gasteiger partial charge in [0, 0.05) is 6.54 Å². The molecule has 1 aromatic carbocycles. The number of nitrogens with one attached hydrogen (secondary N) is 1. The summed E-state index contributed by atoms with van der Waals surface area (Å²) in [7, 11) is 2.18. The summed E-state index contributed by atoms with van der Waals surface area (Å²) in [5, 5.41) is 12.5. The smallest absolute Gasteiger partial charge is 0.103 e. The fourth-order valence-corrected chi connectivity index (χ4v) is 2.51. The third kappa shape index (κ3) is 7.27. The number of unbranched alkanes of at least 4 members (excludes halogenated alkanes) is 1. The fraction of sp³-hybridized carbons (Fsp3) is 0.611. The number of hydrogen-bond donors (Lipinski definition) is 1. The number of rotatable bonds is 10. The van der Waals surface area contributed by atoms with Crippen molar-refractivity contribution in [3.63, 3.8) is 0 Å². The second-order valence-electron chi connectivity index (χ2n) is 5.97. The lowest BCUT2D eigenvalue weighted by Gasteiger charge is -2.23. The van der Waals surface area contributed by atoms with Crippen LogP contribution in [0.15, 0.2) is 30.3 Å². The van der Waals surface area contributed by atoms with E-state index in [0.29, 0.717) is 0 Å². The molecule has 0 aliphatic rings. The molecule has 0 fully saturated rings. The molecule has 116 valence electrons. The number of nitrogens with zero attached hydrogens (tertiary/aromatic N) is 2. The van der Waals surface area contributed by atoms with Gasteiger partial charge in [0.15, 0.2) is 0 Å². The number of hydrogen-bond acceptors (Lipinski definition) is 3. The van der Waals surface area contributed by atoms with Gasteiger partial charge in [-0.15, -0.1) is 0 Å². The van der Waals surface area contributed by atoms with E-state index in [1.54, 1.807) is 0 Å². The zero-order valence-corrected chi connectivity index (χ0v) is 13.7. The minimum absolute atomic E-state index is 0.364. The zero-order valence-electron chi connectivity index (χ0n) is 13.7. The van der Waals surface area contributed by atoms with Crippen LogP contribution in [0.25, 0.3) is 0 Å². The van der Waals surface area contributed by atoms with Crippen LogP contribution in [-0.2, 0) is 6.42 Å². The Morgan fingerprint density at radius 2 is 1.90 bits per heavy atom. The summed E-state index contributed by atoms with van der Waals surface area (Å²) in [6.07, 6.45) is 4.26. The number of benzene rings is 1. The second-order valence-corrected chi connectivity index (χ2v) is 5.97. The molecule has 0 saturated heterocycles. The maximum Gasteiger partial charge on any atom is 0.103 e. The van der Waals surface area contributed by atoms with Gasteiger partial charge in [-0.1, -0.05) is 37.3 Å². The van der Waals surface area contributed by atoms with Gasteiger partial charge in [0.25, 0.3) is 0 Å². The molecule has 3 nitrogen and oxygen atoms in total. The molecule has 0 bridgehead atoms. The molecule has 0 saturated carbocycles. The van der Waals surface area contributed by atoms with E-state index in [2.05, 4.69) is 53.7 Å². The molecule has 21 heavy (non-hydrogen) atoms. The molecule has 1 unspecified atom stereocenters. The van der Waals surface area contributed by atoms with Crippen LogP contribution in [0.4, 0.5) is 0 Å². The highest BCUT2D eigenvalue weighted by Gasteiger charge is 2.21. The molecule has 1 N–H and O–H groups in total. The van der Waals surface area contributed by atoms with E-state index in [-0.39, 0.29) is 5.54 Å². The van der Waals surface area contributed by atoms with Crippen LogP contribution in [0, 0.1) is 11.3 Å². The largest absolute Gasteiger partial charge is 0.306 e. The average Bonchev–Trinajstić information content (AvgIpc) is 2.51. The Kier molecular flexibility index (Phi) is 8.04. The molecule has 1 atom stereocenters. The summed E-state index contributed by atoms with van der Waals surface area (Å²) in [5.41, 5.74) is 1.03. The van der Waals surface area contributed by atoms with Crippen molar-refractivity contribution in [1.29, 1.82) is 5.26 Å². The van der Waals surface area contributed by atoms with Crippen molar-refractivity contribution in [2.75, 3.05) is 26.7 Å². The highest BCUT2D eigenvalue weighted by atomic mass is 15.1. The molecular weight excluding hydrogens is 258 g/mol. The summed E-state index contributed by atoms with van der Waals surface area (Å²) < 4.78 is 0. The standard InChI is InChI=1S/C18H29N3/c1-4-20-18(2,16-19)13-8-9-14-21(3)15-12-17-10-6-5-7-11-17/h5-7,10-11,20H,4,8-9,12-15H2,1-3H3. The highest BCUT2D eigenvalue weighted by Crippen LogP contribution is 2.13. The number of likely N-dealkylation sites (N-methyl/N-ethyl adjacent to an activating group) is 1. The van der Waals surface area contributed by atoms with Crippen LogP contribution in [0.5, 0.6) is 0 Å². The van der Waals surface area contributed by atoms with Crippen molar-refractivity contribution in [3.05, 3.63) is 35.9 Å². The predicted octanol–water partition coefficient (Wildman–Crippen LogP) is 3.22. The maximum absolute atomic E-state index is 9.21. The molecule has 1 aromatic rings. The topological polar surface area (TPSA) is 39.1 Å². The Bertz CT molecular complexity index is 424. The maximum atomic E-state index is 9.21. The predicted molar refractivity (Wildman–Crippen MR) is 89.2 cm³/mol. The van der Waals surface area contributed by atoms with Crippen molar-refractivity contribution in [1.82, 2.24) is 10.2 Å². The summed E-state index contributed by atoms with van der Waals surface area (Å²) in [6, 6.07) is 13.0. The van der Waals surface area contributed by atoms with Crippen molar-refractivity contribution < 1.29 is 0 Å². The van der Waals surface area contributed by atoms with E-state index >= 15 is 0 Å². The van der Waals surface area contributed by atoms with Gasteiger partial charge in [-0.05, 0) is 58.3 Å². The van der Waals surface area contributed by atoms with E-state index in [0.717, 1.165) is 45.3 Å². The van der Waals surface area contributed by atoms with E-state index < -0.39 is 0 Å². The fourth-order valence-electron chi connectivity index (χ4n) is 2.51. The Balaban J connectivity index is 2.16. The highest BCUT2D eigenvalue weighted by molar-refractivity contribution is 5.14.